The summed E-state index contributed by atoms with van der Waals surface area (Å²) in [6, 6.07) is 18.4. The summed E-state index contributed by atoms with van der Waals surface area (Å²) < 4.78 is 0. The molecule has 0 radical (unpaired) electrons. The molecule has 2 aromatic carbocycles. The van der Waals surface area contributed by atoms with Crippen LogP contribution in [0.3, 0.4) is 0 Å². The predicted octanol–water partition coefficient (Wildman–Crippen LogP) is 1.51. The Morgan fingerprint density at radius 2 is 1.76 bits per heavy atom. The third-order valence-electron chi connectivity index (χ3n) is 5.37. The zero-order valence-corrected chi connectivity index (χ0v) is 17.9. The summed E-state index contributed by atoms with van der Waals surface area (Å²) in [5.74, 6) is 0.0814. The number of carbonyl (C=O) groups excluding carboxylic acids is 1. The van der Waals surface area contributed by atoms with Crippen molar-refractivity contribution < 1.29 is 9.69 Å². The topological polar surface area (TPSA) is 48.8 Å². The number of hydrogen-bond acceptors (Lipinski definition) is 2. The molecule has 3 N–H and O–H groups in total. The van der Waals surface area contributed by atoms with Crippen LogP contribution < -0.4 is 15.5 Å². The molecule has 1 aliphatic rings. The van der Waals surface area contributed by atoms with Crippen LogP contribution in [-0.4, -0.2) is 55.2 Å². The van der Waals surface area contributed by atoms with Gasteiger partial charge in [-0.3, -0.25) is 4.79 Å². The number of amides is 1. The summed E-state index contributed by atoms with van der Waals surface area (Å²) in [6.45, 7) is 7.05. The maximum absolute atomic E-state index is 12.5. The van der Waals surface area contributed by atoms with Crippen LogP contribution in [0.2, 0.25) is 0 Å². The first-order valence-corrected chi connectivity index (χ1v) is 10.8. The lowest BCUT2D eigenvalue weighted by molar-refractivity contribution is -0.895. The Hall–Kier alpha value is -2.44. The van der Waals surface area contributed by atoms with Crippen LogP contribution in [0.15, 0.2) is 54.6 Å². The van der Waals surface area contributed by atoms with Crippen molar-refractivity contribution in [1.82, 2.24) is 10.2 Å². The van der Waals surface area contributed by atoms with E-state index in [0.717, 1.165) is 56.4 Å². The summed E-state index contributed by atoms with van der Waals surface area (Å²) in [5, 5.41) is 7.27. The number of nitrogens with one attached hydrogen (secondary N) is 3. The molecule has 1 saturated heterocycles. The second-order valence-corrected chi connectivity index (χ2v) is 7.83. The van der Waals surface area contributed by atoms with Crippen LogP contribution in [0.5, 0.6) is 0 Å². The standard InChI is InChI=1S/C23H30N4OS/c1-2-20-10-6-7-11-21(20)25-22(28)18-26-14-16-27(17-15-26)23(29)24-13-12-19-8-4-3-5-9-19/h3-11H,2,12-18H2,1H3,(H,24,29)(H,25,28)/p+1. The quantitative estimate of drug-likeness (QED) is 0.605. The molecule has 0 spiro atoms. The fourth-order valence-corrected chi connectivity index (χ4v) is 3.93. The lowest BCUT2D eigenvalue weighted by Crippen LogP contribution is -3.15. The highest BCUT2D eigenvalue weighted by molar-refractivity contribution is 7.80. The van der Waals surface area contributed by atoms with Gasteiger partial charge in [0.05, 0.1) is 26.2 Å². The first kappa shape index (κ1) is 21.3. The fraction of sp³-hybridized carbons (Fsp3) is 0.391. The van der Waals surface area contributed by atoms with Gasteiger partial charge < -0.3 is 20.4 Å². The molecule has 1 fully saturated rings. The summed E-state index contributed by atoms with van der Waals surface area (Å²) in [4.78, 5) is 16.0. The number of hydrogen-bond donors (Lipinski definition) is 3. The first-order valence-electron chi connectivity index (χ1n) is 10.4. The van der Waals surface area contributed by atoms with Crippen molar-refractivity contribution in [3.8, 4) is 0 Å². The molecule has 5 nitrogen and oxygen atoms in total. The molecular formula is C23H31N4OS+. The van der Waals surface area contributed by atoms with Gasteiger partial charge in [-0.1, -0.05) is 55.5 Å². The molecule has 2 aromatic rings. The summed E-state index contributed by atoms with van der Waals surface area (Å²) in [6.07, 6.45) is 1.88. The number of carbonyl (C=O) groups is 1. The molecule has 3 rings (SSSR count). The number of aryl methyl sites for hydroxylation is 1. The molecule has 0 aromatic heterocycles. The fourth-order valence-electron chi connectivity index (χ4n) is 3.65. The van der Waals surface area contributed by atoms with Gasteiger partial charge in [0.25, 0.3) is 5.91 Å². The lowest BCUT2D eigenvalue weighted by atomic mass is 10.1. The highest BCUT2D eigenvalue weighted by Gasteiger charge is 2.23. The predicted molar refractivity (Wildman–Crippen MR) is 122 cm³/mol. The Bertz CT molecular complexity index is 804. The van der Waals surface area contributed by atoms with Crippen molar-refractivity contribution in [3.05, 3.63) is 65.7 Å². The highest BCUT2D eigenvalue weighted by Crippen LogP contribution is 2.14. The van der Waals surface area contributed by atoms with Crippen molar-refractivity contribution in [2.75, 3.05) is 44.6 Å². The van der Waals surface area contributed by atoms with Gasteiger partial charge in [-0.2, -0.15) is 0 Å². The summed E-state index contributed by atoms with van der Waals surface area (Å²) in [5.41, 5.74) is 3.42. The molecule has 0 atom stereocenters. The zero-order chi connectivity index (χ0) is 20.5. The van der Waals surface area contributed by atoms with Crippen molar-refractivity contribution in [2.24, 2.45) is 0 Å². The molecule has 0 bridgehead atoms. The minimum atomic E-state index is 0.0814. The van der Waals surface area contributed by atoms with Gasteiger partial charge in [0.15, 0.2) is 11.7 Å². The average Bonchev–Trinajstić information content (AvgIpc) is 2.75. The van der Waals surface area contributed by atoms with Crippen molar-refractivity contribution in [3.63, 3.8) is 0 Å². The Kier molecular flexibility index (Phi) is 8.02. The van der Waals surface area contributed by atoms with E-state index in [1.54, 1.807) is 0 Å². The van der Waals surface area contributed by atoms with Crippen LogP contribution in [0.4, 0.5) is 5.69 Å². The maximum atomic E-state index is 12.5. The van der Waals surface area contributed by atoms with Gasteiger partial charge in [0.1, 0.15) is 0 Å². The van der Waals surface area contributed by atoms with Gasteiger partial charge in [0.2, 0.25) is 0 Å². The van der Waals surface area contributed by atoms with E-state index < -0.39 is 0 Å². The minimum absolute atomic E-state index is 0.0814. The number of thiocarbonyl (C=S) groups is 1. The number of para-hydroxylation sites is 1. The molecule has 1 heterocycles. The second-order valence-electron chi connectivity index (χ2n) is 7.44. The Labute approximate surface area is 179 Å². The molecule has 0 aliphatic carbocycles. The number of nitrogens with zero attached hydrogens (tertiary/aromatic N) is 1. The van der Waals surface area contributed by atoms with E-state index >= 15 is 0 Å². The molecule has 154 valence electrons. The maximum Gasteiger partial charge on any atom is 0.279 e. The van der Waals surface area contributed by atoms with Crippen LogP contribution in [0.25, 0.3) is 0 Å². The van der Waals surface area contributed by atoms with Gasteiger partial charge in [-0.25, -0.2) is 0 Å². The smallest absolute Gasteiger partial charge is 0.279 e. The summed E-state index contributed by atoms with van der Waals surface area (Å²) >= 11 is 5.56. The van der Waals surface area contributed by atoms with Gasteiger partial charge >= 0.3 is 0 Å². The van der Waals surface area contributed by atoms with Gasteiger partial charge in [-0.05, 0) is 42.3 Å². The van der Waals surface area contributed by atoms with E-state index in [1.807, 2.05) is 24.3 Å². The third kappa shape index (κ3) is 6.54. The van der Waals surface area contributed by atoms with Crippen molar-refractivity contribution in [2.45, 2.75) is 19.8 Å². The number of benzene rings is 2. The largest absolute Gasteiger partial charge is 0.362 e. The van der Waals surface area contributed by atoms with Crippen molar-refractivity contribution in [1.29, 1.82) is 0 Å². The van der Waals surface area contributed by atoms with Crippen LogP contribution in [0.1, 0.15) is 18.1 Å². The average molecular weight is 412 g/mol. The summed E-state index contributed by atoms with van der Waals surface area (Å²) in [7, 11) is 0. The SMILES string of the molecule is CCc1ccccc1NC(=O)C[NH+]1CCN(C(=S)NCCc2ccccc2)CC1. The van der Waals surface area contributed by atoms with Gasteiger partial charge in [0, 0.05) is 12.2 Å². The van der Waals surface area contributed by atoms with E-state index in [1.165, 1.54) is 16.0 Å². The van der Waals surface area contributed by atoms with E-state index in [-0.39, 0.29) is 5.91 Å². The second kappa shape index (κ2) is 10.9. The lowest BCUT2D eigenvalue weighted by Gasteiger charge is -2.33. The van der Waals surface area contributed by atoms with Gasteiger partial charge in [-0.15, -0.1) is 0 Å². The Morgan fingerprint density at radius 3 is 2.48 bits per heavy atom. The van der Waals surface area contributed by atoms with E-state index in [2.05, 4.69) is 52.8 Å². The van der Waals surface area contributed by atoms with E-state index in [0.29, 0.717) is 6.54 Å². The number of anilines is 1. The molecule has 0 unspecified atom stereocenters. The zero-order valence-electron chi connectivity index (χ0n) is 17.1. The molecular weight excluding hydrogens is 380 g/mol. The third-order valence-corrected chi connectivity index (χ3v) is 5.78. The number of quaternary nitrogens is 1. The van der Waals surface area contributed by atoms with Crippen LogP contribution >= 0.6 is 12.2 Å². The number of rotatable bonds is 7. The molecule has 29 heavy (non-hydrogen) atoms. The Balaban J connectivity index is 1.37. The molecule has 1 amide bonds. The van der Waals surface area contributed by atoms with Crippen molar-refractivity contribution >= 4 is 28.9 Å². The molecule has 6 heteroatoms. The normalized spacial score (nSPS) is 14.4. The Morgan fingerprint density at radius 1 is 1.07 bits per heavy atom. The van der Waals surface area contributed by atoms with Crippen LogP contribution in [0, 0.1) is 0 Å². The number of piperazine rings is 1. The monoisotopic (exact) mass is 411 g/mol. The van der Waals surface area contributed by atoms with E-state index in [9.17, 15) is 4.79 Å². The minimum Gasteiger partial charge on any atom is -0.362 e. The van der Waals surface area contributed by atoms with Crippen LogP contribution in [-0.2, 0) is 17.6 Å². The highest BCUT2D eigenvalue weighted by atomic mass is 32.1. The molecule has 1 aliphatic heterocycles. The molecule has 0 saturated carbocycles. The van der Waals surface area contributed by atoms with E-state index in [4.69, 9.17) is 12.2 Å². The first-order chi connectivity index (χ1) is 14.2.